The molecule has 1 fully saturated rings. The van der Waals surface area contributed by atoms with Crippen molar-refractivity contribution in [1.82, 2.24) is 9.47 Å². The van der Waals surface area contributed by atoms with Gasteiger partial charge in [0.1, 0.15) is 0 Å². The lowest BCUT2D eigenvalue weighted by atomic mass is 10.1. The van der Waals surface area contributed by atoms with E-state index in [2.05, 4.69) is 67.1 Å². The molecule has 0 bridgehead atoms. The Labute approximate surface area is 165 Å². The van der Waals surface area contributed by atoms with Crippen molar-refractivity contribution in [3.05, 3.63) is 65.4 Å². The number of hydrogen-bond donors (Lipinski definition) is 0. The van der Waals surface area contributed by atoms with Crippen molar-refractivity contribution < 1.29 is 4.79 Å². The van der Waals surface area contributed by atoms with Crippen LogP contribution in [0, 0.1) is 13.8 Å². The lowest BCUT2D eigenvalue weighted by Gasteiger charge is -2.14. The normalized spacial score (nSPS) is 14.2. The van der Waals surface area contributed by atoms with Gasteiger partial charge >= 0.3 is 0 Å². The van der Waals surface area contributed by atoms with Crippen LogP contribution in [0.1, 0.15) is 29.5 Å². The molecule has 3 aromatic rings. The van der Waals surface area contributed by atoms with Gasteiger partial charge in [-0.1, -0.05) is 42.0 Å². The molecule has 0 unspecified atom stereocenters. The SMILES string of the molecule is Cc1ccc(C)c(Cn2cc(SCC(=O)N3CCCC3)c3ccccc32)c1. The molecule has 1 aliphatic heterocycles. The number of hydrogen-bond acceptors (Lipinski definition) is 2. The number of rotatable bonds is 5. The highest BCUT2D eigenvalue weighted by molar-refractivity contribution is 8.00. The number of likely N-dealkylation sites (tertiary alicyclic amines) is 1. The predicted octanol–water partition coefficient (Wildman–Crippen LogP) is 5.02. The molecule has 140 valence electrons. The topological polar surface area (TPSA) is 25.2 Å². The van der Waals surface area contributed by atoms with Gasteiger partial charge in [-0.05, 0) is 43.9 Å². The second-order valence-electron chi connectivity index (χ2n) is 7.44. The zero-order chi connectivity index (χ0) is 18.8. The van der Waals surface area contributed by atoms with Crippen LogP contribution in [0.5, 0.6) is 0 Å². The highest BCUT2D eigenvalue weighted by atomic mass is 32.2. The Balaban J connectivity index is 1.59. The summed E-state index contributed by atoms with van der Waals surface area (Å²) in [7, 11) is 0. The van der Waals surface area contributed by atoms with Crippen LogP contribution in [0.15, 0.2) is 53.6 Å². The van der Waals surface area contributed by atoms with E-state index < -0.39 is 0 Å². The number of para-hydroxylation sites is 1. The average Bonchev–Trinajstić information content (AvgIpc) is 3.32. The Bertz CT molecular complexity index is 970. The molecule has 0 N–H and O–H groups in total. The van der Waals surface area contributed by atoms with Crippen molar-refractivity contribution in [3.63, 3.8) is 0 Å². The predicted molar refractivity (Wildman–Crippen MR) is 113 cm³/mol. The van der Waals surface area contributed by atoms with E-state index in [1.807, 2.05) is 4.90 Å². The Morgan fingerprint density at radius 2 is 1.85 bits per heavy atom. The maximum absolute atomic E-state index is 12.4. The largest absolute Gasteiger partial charge is 0.342 e. The number of fused-ring (bicyclic) bond motifs is 1. The zero-order valence-corrected chi connectivity index (χ0v) is 16.9. The van der Waals surface area contributed by atoms with Crippen molar-refractivity contribution in [3.8, 4) is 0 Å². The average molecular weight is 379 g/mol. The van der Waals surface area contributed by atoms with Crippen molar-refractivity contribution in [1.29, 1.82) is 0 Å². The molecule has 4 rings (SSSR count). The zero-order valence-electron chi connectivity index (χ0n) is 16.1. The third-order valence-corrected chi connectivity index (χ3v) is 6.43. The second-order valence-corrected chi connectivity index (χ2v) is 8.46. The lowest BCUT2D eigenvalue weighted by Crippen LogP contribution is -2.29. The van der Waals surface area contributed by atoms with Crippen LogP contribution in [0.4, 0.5) is 0 Å². The number of carbonyl (C=O) groups is 1. The Morgan fingerprint density at radius 3 is 2.67 bits per heavy atom. The van der Waals surface area contributed by atoms with E-state index in [4.69, 9.17) is 0 Å². The molecule has 2 heterocycles. The molecule has 0 atom stereocenters. The Hall–Kier alpha value is -2.20. The molecule has 0 saturated carbocycles. The summed E-state index contributed by atoms with van der Waals surface area (Å²) in [5.41, 5.74) is 5.18. The van der Waals surface area contributed by atoms with Gasteiger partial charge in [0.2, 0.25) is 5.91 Å². The minimum Gasteiger partial charge on any atom is -0.342 e. The molecule has 0 aliphatic carbocycles. The molecule has 1 aromatic heterocycles. The summed E-state index contributed by atoms with van der Waals surface area (Å²) in [6, 6.07) is 15.1. The summed E-state index contributed by atoms with van der Waals surface area (Å²) in [4.78, 5) is 15.6. The highest BCUT2D eigenvalue weighted by Gasteiger charge is 2.19. The molecule has 1 amide bonds. The highest BCUT2D eigenvalue weighted by Crippen LogP contribution is 2.31. The minimum atomic E-state index is 0.267. The van der Waals surface area contributed by atoms with Gasteiger partial charge in [-0.2, -0.15) is 0 Å². The number of aryl methyl sites for hydroxylation is 2. The van der Waals surface area contributed by atoms with Gasteiger partial charge in [0.05, 0.1) is 5.75 Å². The van der Waals surface area contributed by atoms with Crippen LogP contribution >= 0.6 is 11.8 Å². The number of aromatic nitrogens is 1. The van der Waals surface area contributed by atoms with E-state index in [-0.39, 0.29) is 5.91 Å². The standard InChI is InChI=1S/C23H26N2OS/c1-17-9-10-18(2)19(13-17)14-25-15-22(20-7-3-4-8-21(20)25)27-16-23(26)24-11-5-6-12-24/h3-4,7-10,13,15H,5-6,11-12,14,16H2,1-2H3. The first-order valence-corrected chi connectivity index (χ1v) is 10.6. The van der Waals surface area contributed by atoms with Crippen LogP contribution < -0.4 is 0 Å². The van der Waals surface area contributed by atoms with Gasteiger partial charge in [-0.3, -0.25) is 4.79 Å². The van der Waals surface area contributed by atoms with Crippen LogP contribution in [0.3, 0.4) is 0 Å². The van der Waals surface area contributed by atoms with Crippen molar-refractivity contribution in [2.75, 3.05) is 18.8 Å². The van der Waals surface area contributed by atoms with Gasteiger partial charge < -0.3 is 9.47 Å². The summed E-state index contributed by atoms with van der Waals surface area (Å²) in [6.45, 7) is 7.02. The van der Waals surface area contributed by atoms with Crippen molar-refractivity contribution in [2.24, 2.45) is 0 Å². The molecule has 4 heteroatoms. The smallest absolute Gasteiger partial charge is 0.232 e. The first kappa shape index (κ1) is 18.2. The summed E-state index contributed by atoms with van der Waals surface area (Å²) in [6.07, 6.45) is 4.51. The molecular formula is C23H26N2OS. The molecule has 3 nitrogen and oxygen atoms in total. The number of nitrogens with zero attached hydrogens (tertiary/aromatic N) is 2. The summed E-state index contributed by atoms with van der Waals surface area (Å²) in [5, 5.41) is 1.24. The summed E-state index contributed by atoms with van der Waals surface area (Å²) >= 11 is 1.67. The summed E-state index contributed by atoms with van der Waals surface area (Å²) in [5.74, 6) is 0.793. The second kappa shape index (κ2) is 7.81. The van der Waals surface area contributed by atoms with Gasteiger partial charge in [0, 0.05) is 41.6 Å². The molecule has 27 heavy (non-hydrogen) atoms. The lowest BCUT2D eigenvalue weighted by molar-refractivity contribution is -0.127. The minimum absolute atomic E-state index is 0.267. The molecule has 2 aromatic carbocycles. The van der Waals surface area contributed by atoms with Crippen LogP contribution in [-0.4, -0.2) is 34.2 Å². The number of amides is 1. The molecule has 0 spiro atoms. The van der Waals surface area contributed by atoms with Gasteiger partial charge in [0.15, 0.2) is 0 Å². The van der Waals surface area contributed by atoms with E-state index in [9.17, 15) is 4.79 Å². The fourth-order valence-corrected chi connectivity index (χ4v) is 4.80. The summed E-state index contributed by atoms with van der Waals surface area (Å²) < 4.78 is 2.32. The van der Waals surface area contributed by atoms with E-state index >= 15 is 0 Å². The van der Waals surface area contributed by atoms with E-state index in [0.29, 0.717) is 5.75 Å². The fourth-order valence-electron chi connectivity index (χ4n) is 3.81. The maximum Gasteiger partial charge on any atom is 0.232 e. The van der Waals surface area contributed by atoms with E-state index in [0.717, 1.165) is 32.5 Å². The van der Waals surface area contributed by atoms with Crippen molar-refractivity contribution >= 4 is 28.6 Å². The van der Waals surface area contributed by atoms with Gasteiger partial charge in [-0.15, -0.1) is 11.8 Å². The van der Waals surface area contributed by atoms with Gasteiger partial charge in [-0.25, -0.2) is 0 Å². The third-order valence-electron chi connectivity index (χ3n) is 5.41. The maximum atomic E-state index is 12.4. The third kappa shape index (κ3) is 3.91. The fraction of sp³-hybridized carbons (Fsp3) is 0.348. The van der Waals surface area contributed by atoms with Crippen LogP contribution in [-0.2, 0) is 11.3 Å². The molecule has 1 aliphatic rings. The first-order valence-electron chi connectivity index (χ1n) is 9.66. The molecular weight excluding hydrogens is 352 g/mol. The number of thioether (sulfide) groups is 1. The van der Waals surface area contributed by atoms with Crippen LogP contribution in [0.25, 0.3) is 10.9 Å². The number of carbonyl (C=O) groups excluding carboxylic acids is 1. The number of benzene rings is 2. The monoisotopic (exact) mass is 378 g/mol. The first-order chi connectivity index (χ1) is 13.1. The van der Waals surface area contributed by atoms with E-state index in [1.54, 1.807) is 11.8 Å². The Morgan fingerprint density at radius 1 is 1.07 bits per heavy atom. The molecule has 1 saturated heterocycles. The van der Waals surface area contributed by atoms with Crippen molar-refractivity contribution in [2.45, 2.75) is 38.1 Å². The quantitative estimate of drug-likeness (QED) is 0.582. The molecule has 0 radical (unpaired) electrons. The van der Waals surface area contributed by atoms with Crippen LogP contribution in [0.2, 0.25) is 0 Å². The van der Waals surface area contributed by atoms with E-state index in [1.165, 1.54) is 32.5 Å². The van der Waals surface area contributed by atoms with Gasteiger partial charge in [0.25, 0.3) is 0 Å². The Kier molecular flexibility index (Phi) is 5.26.